The second kappa shape index (κ2) is 7.07. The average molecular weight is 266 g/mol. The maximum absolute atomic E-state index is 12.2. The number of H-pyrrole nitrogens is 1. The summed E-state index contributed by atoms with van der Waals surface area (Å²) in [4.78, 5) is 38.0. The van der Waals surface area contributed by atoms with Crippen LogP contribution in [0.5, 0.6) is 0 Å². The smallest absolute Gasteiger partial charge is 0.313 e. The summed E-state index contributed by atoms with van der Waals surface area (Å²) >= 11 is 0. The molecule has 1 unspecified atom stereocenters. The third-order valence-electron chi connectivity index (χ3n) is 3.27. The van der Waals surface area contributed by atoms with Crippen LogP contribution in [0.25, 0.3) is 0 Å². The van der Waals surface area contributed by atoms with Gasteiger partial charge < -0.3 is 4.98 Å². The molecule has 0 amide bonds. The van der Waals surface area contributed by atoms with Crippen molar-refractivity contribution in [2.45, 2.75) is 58.9 Å². The van der Waals surface area contributed by atoms with Gasteiger partial charge in [0.2, 0.25) is 0 Å². The number of hydrogen-bond donors (Lipinski definition) is 1. The predicted octanol–water partition coefficient (Wildman–Crippen LogP) is 2.27. The lowest BCUT2D eigenvalue weighted by Gasteiger charge is -2.18. The van der Waals surface area contributed by atoms with E-state index in [2.05, 4.69) is 11.9 Å². The molecule has 106 valence electrons. The van der Waals surface area contributed by atoms with Crippen molar-refractivity contribution in [3.63, 3.8) is 0 Å². The lowest BCUT2D eigenvalue weighted by Crippen LogP contribution is -2.40. The highest BCUT2D eigenvalue weighted by molar-refractivity contribution is 5.93. The van der Waals surface area contributed by atoms with Crippen molar-refractivity contribution in [1.82, 2.24) is 9.55 Å². The summed E-state index contributed by atoms with van der Waals surface area (Å²) < 4.78 is 1.22. The van der Waals surface area contributed by atoms with Gasteiger partial charge in [0.15, 0.2) is 5.78 Å². The molecule has 1 heterocycles. The Hall–Kier alpha value is -1.65. The molecule has 1 aromatic heterocycles. The Morgan fingerprint density at radius 2 is 1.95 bits per heavy atom. The number of Topliss-reactive ketones (excluding diaryl/α,β-unsaturated/α-hetero) is 1. The van der Waals surface area contributed by atoms with Gasteiger partial charge in [-0.3, -0.25) is 14.2 Å². The van der Waals surface area contributed by atoms with E-state index in [4.69, 9.17) is 0 Å². The number of rotatable bonds is 7. The van der Waals surface area contributed by atoms with Gasteiger partial charge in [-0.1, -0.05) is 33.1 Å². The fourth-order valence-corrected chi connectivity index (χ4v) is 2.25. The molecule has 0 bridgehead atoms. The van der Waals surface area contributed by atoms with E-state index in [0.29, 0.717) is 0 Å². The van der Waals surface area contributed by atoms with Crippen LogP contribution in [0.1, 0.15) is 69.3 Å². The Bertz CT molecular complexity index is 542. The fourth-order valence-electron chi connectivity index (χ4n) is 2.25. The molecule has 0 aromatic carbocycles. The zero-order valence-electron chi connectivity index (χ0n) is 11.9. The third kappa shape index (κ3) is 3.66. The highest BCUT2D eigenvalue weighted by Gasteiger charge is 2.18. The molecule has 1 aromatic rings. The van der Waals surface area contributed by atoms with Crippen LogP contribution < -0.4 is 11.2 Å². The van der Waals surface area contributed by atoms with E-state index < -0.39 is 11.2 Å². The maximum atomic E-state index is 12.2. The first-order chi connectivity index (χ1) is 9.02. The van der Waals surface area contributed by atoms with Crippen LogP contribution in [-0.4, -0.2) is 15.3 Å². The molecule has 19 heavy (non-hydrogen) atoms. The molecule has 0 saturated carbocycles. The topological polar surface area (TPSA) is 71.9 Å². The van der Waals surface area contributed by atoms with E-state index in [-0.39, 0.29) is 17.4 Å². The van der Waals surface area contributed by atoms with Gasteiger partial charge in [-0.2, -0.15) is 0 Å². The molecule has 0 aliphatic rings. The molecule has 0 spiro atoms. The van der Waals surface area contributed by atoms with Crippen LogP contribution in [0.4, 0.5) is 0 Å². The molecule has 1 atom stereocenters. The van der Waals surface area contributed by atoms with Gasteiger partial charge in [-0.05, 0) is 19.8 Å². The molecule has 0 radical (unpaired) electrons. The largest absolute Gasteiger partial charge is 0.328 e. The predicted molar refractivity (Wildman–Crippen MR) is 74.8 cm³/mol. The molecule has 0 saturated heterocycles. The molecule has 5 heteroatoms. The molecule has 0 aliphatic carbocycles. The van der Waals surface area contributed by atoms with Crippen LogP contribution in [0.15, 0.2) is 15.8 Å². The maximum Gasteiger partial charge on any atom is 0.328 e. The van der Waals surface area contributed by atoms with Gasteiger partial charge in [0.25, 0.3) is 5.56 Å². The van der Waals surface area contributed by atoms with Crippen molar-refractivity contribution in [2.24, 2.45) is 0 Å². The summed E-state index contributed by atoms with van der Waals surface area (Å²) in [5, 5.41) is 0. The molecular formula is C14H22N2O3. The third-order valence-corrected chi connectivity index (χ3v) is 3.27. The van der Waals surface area contributed by atoms with Crippen molar-refractivity contribution in [3.8, 4) is 0 Å². The number of aromatic amines is 1. The van der Waals surface area contributed by atoms with Crippen molar-refractivity contribution in [3.05, 3.63) is 32.6 Å². The van der Waals surface area contributed by atoms with Gasteiger partial charge in [0, 0.05) is 12.2 Å². The number of nitrogens with zero attached hydrogens (tertiary/aromatic N) is 1. The summed E-state index contributed by atoms with van der Waals surface area (Å²) in [5.74, 6) is -0.319. The van der Waals surface area contributed by atoms with E-state index in [9.17, 15) is 14.4 Å². The summed E-state index contributed by atoms with van der Waals surface area (Å²) in [5.41, 5.74) is -0.840. The number of hydrogen-bond acceptors (Lipinski definition) is 3. The van der Waals surface area contributed by atoms with Crippen LogP contribution in [-0.2, 0) is 0 Å². The second-order valence-corrected chi connectivity index (χ2v) is 4.82. The Labute approximate surface area is 112 Å². The summed E-state index contributed by atoms with van der Waals surface area (Å²) in [6.07, 6.45) is 5.63. The Morgan fingerprint density at radius 1 is 1.26 bits per heavy atom. The number of nitrogens with one attached hydrogen (secondary N) is 1. The lowest BCUT2D eigenvalue weighted by atomic mass is 10.0. The fraction of sp³-hybridized carbons (Fsp3) is 0.643. The van der Waals surface area contributed by atoms with Gasteiger partial charge in [-0.25, -0.2) is 4.79 Å². The lowest BCUT2D eigenvalue weighted by molar-refractivity contribution is 0.101. The number of carbonyl (C=O) groups is 1. The first-order valence-electron chi connectivity index (χ1n) is 6.88. The van der Waals surface area contributed by atoms with Gasteiger partial charge in [0.05, 0.1) is 5.56 Å². The number of aromatic nitrogens is 2. The Balaban J connectivity index is 3.28. The molecule has 0 fully saturated rings. The monoisotopic (exact) mass is 266 g/mol. The van der Waals surface area contributed by atoms with Gasteiger partial charge in [0.1, 0.15) is 0 Å². The van der Waals surface area contributed by atoms with E-state index in [1.54, 1.807) is 0 Å². The van der Waals surface area contributed by atoms with Crippen LogP contribution in [0.2, 0.25) is 0 Å². The molecule has 1 N–H and O–H groups in total. The minimum absolute atomic E-state index is 0.0530. The summed E-state index contributed by atoms with van der Waals surface area (Å²) in [6.45, 7) is 5.43. The number of ketones is 1. The van der Waals surface area contributed by atoms with Crippen molar-refractivity contribution < 1.29 is 4.79 Å². The molecule has 5 nitrogen and oxygen atoms in total. The zero-order chi connectivity index (χ0) is 14.4. The summed E-state index contributed by atoms with van der Waals surface area (Å²) in [7, 11) is 0. The average Bonchev–Trinajstić information content (AvgIpc) is 2.35. The van der Waals surface area contributed by atoms with E-state index in [1.165, 1.54) is 17.7 Å². The van der Waals surface area contributed by atoms with Crippen LogP contribution in [0, 0.1) is 0 Å². The Morgan fingerprint density at radius 3 is 2.47 bits per heavy atom. The van der Waals surface area contributed by atoms with Gasteiger partial charge in [-0.15, -0.1) is 0 Å². The van der Waals surface area contributed by atoms with E-state index in [0.717, 1.165) is 32.1 Å². The SMILES string of the molecule is CCCCC(CCC)n1c(=O)[nH]cc(C(C)=O)c1=O. The first-order valence-corrected chi connectivity index (χ1v) is 6.88. The molecule has 0 aliphatic heterocycles. The summed E-state index contributed by atoms with van der Waals surface area (Å²) in [6, 6.07) is -0.125. The van der Waals surface area contributed by atoms with E-state index in [1.807, 2.05) is 6.92 Å². The van der Waals surface area contributed by atoms with Crippen LogP contribution >= 0.6 is 0 Å². The minimum Gasteiger partial charge on any atom is -0.313 e. The highest BCUT2D eigenvalue weighted by atomic mass is 16.2. The number of unbranched alkanes of at least 4 members (excludes halogenated alkanes) is 1. The normalized spacial score (nSPS) is 12.4. The standard InChI is InChI=1S/C14H22N2O3/c1-4-6-8-11(7-5-2)16-13(18)12(10(3)17)9-15-14(16)19/h9,11H,4-8H2,1-3H3,(H,15,19). The quantitative estimate of drug-likeness (QED) is 0.769. The Kier molecular flexibility index (Phi) is 5.73. The van der Waals surface area contributed by atoms with Crippen molar-refractivity contribution >= 4 is 5.78 Å². The molecular weight excluding hydrogens is 244 g/mol. The minimum atomic E-state index is -0.467. The van der Waals surface area contributed by atoms with E-state index >= 15 is 0 Å². The van der Waals surface area contributed by atoms with Crippen molar-refractivity contribution in [2.75, 3.05) is 0 Å². The number of carbonyl (C=O) groups excluding carboxylic acids is 1. The second-order valence-electron chi connectivity index (χ2n) is 4.82. The van der Waals surface area contributed by atoms with Crippen molar-refractivity contribution in [1.29, 1.82) is 0 Å². The van der Waals surface area contributed by atoms with Crippen LogP contribution in [0.3, 0.4) is 0 Å². The highest BCUT2D eigenvalue weighted by Crippen LogP contribution is 2.17. The molecule has 1 rings (SSSR count). The zero-order valence-corrected chi connectivity index (χ0v) is 11.9. The first kappa shape index (κ1) is 15.4. The van der Waals surface area contributed by atoms with Gasteiger partial charge >= 0.3 is 5.69 Å².